The van der Waals surface area contributed by atoms with E-state index in [0.29, 0.717) is 12.0 Å². The highest BCUT2D eigenvalue weighted by Crippen LogP contribution is 2.15. The van der Waals surface area contributed by atoms with Crippen molar-refractivity contribution in [1.29, 1.82) is 0 Å². The Morgan fingerprint density at radius 2 is 1.71 bits per heavy atom. The Labute approximate surface area is 151 Å². The smallest absolute Gasteiger partial charge is 0.290 e. The Morgan fingerprint density at radius 3 is 1.96 bits per heavy atom. The number of rotatable bonds is 5. The number of aliphatic hydroxyl groups is 1. The minimum absolute atomic E-state index is 0. The number of carbonyl (C=O) groups is 1. The molecule has 0 radical (unpaired) electrons. The van der Waals surface area contributed by atoms with E-state index in [0.717, 1.165) is 19.4 Å². The summed E-state index contributed by atoms with van der Waals surface area (Å²) in [6.07, 6.45) is 5.94. The molecule has 0 aromatic carbocycles. The fraction of sp³-hybridized carbons (Fsp3) is 0.842. The van der Waals surface area contributed by atoms with Crippen molar-refractivity contribution in [3.05, 3.63) is 12.8 Å². The van der Waals surface area contributed by atoms with E-state index in [1.165, 1.54) is 12.8 Å². The van der Waals surface area contributed by atoms with Crippen LogP contribution in [0.25, 0.3) is 0 Å². The van der Waals surface area contributed by atoms with Gasteiger partial charge in [0.15, 0.2) is 0 Å². The molecule has 1 heterocycles. The van der Waals surface area contributed by atoms with E-state index in [1.807, 2.05) is 34.7 Å². The lowest BCUT2D eigenvalue weighted by atomic mass is 9.99. The van der Waals surface area contributed by atoms with Crippen LogP contribution in [0, 0.1) is 5.92 Å². The predicted octanol–water partition coefficient (Wildman–Crippen LogP) is 4.27. The minimum Gasteiger partial charge on any atom is -0.483 e. The molecule has 0 aromatic rings. The third kappa shape index (κ3) is 37.3. The Hall–Kier alpha value is -1.07. The molecule has 150 valence electrons. The zero-order chi connectivity index (χ0) is 19.1. The fourth-order valence-electron chi connectivity index (χ4n) is 1.93. The first-order valence-corrected chi connectivity index (χ1v) is 8.79. The van der Waals surface area contributed by atoms with Gasteiger partial charge in [0.05, 0.1) is 6.10 Å². The topological polar surface area (TPSA) is 81.6 Å². The van der Waals surface area contributed by atoms with E-state index in [1.54, 1.807) is 6.20 Å². The van der Waals surface area contributed by atoms with Crippen LogP contribution in [0.5, 0.6) is 0 Å². The third-order valence-corrected chi connectivity index (χ3v) is 2.67. The summed E-state index contributed by atoms with van der Waals surface area (Å²) in [6.45, 7) is 16.6. The highest BCUT2D eigenvalue weighted by atomic mass is 16.3. The van der Waals surface area contributed by atoms with Gasteiger partial charge in [0.2, 0.25) is 0 Å². The van der Waals surface area contributed by atoms with Crippen molar-refractivity contribution < 1.29 is 15.0 Å². The van der Waals surface area contributed by atoms with Crippen LogP contribution in [-0.2, 0) is 4.79 Å². The van der Waals surface area contributed by atoms with Gasteiger partial charge in [-0.15, -0.1) is 0 Å². The molecule has 1 aliphatic rings. The molecular weight excluding hydrogens is 304 g/mol. The first-order valence-electron chi connectivity index (χ1n) is 8.79. The van der Waals surface area contributed by atoms with Gasteiger partial charge >= 0.3 is 0 Å². The molecule has 0 bridgehead atoms. The number of aliphatic hydroxyl groups excluding tert-OH is 1. The molecule has 4 N–H and O–H groups in total. The second-order valence-corrected chi connectivity index (χ2v) is 4.91. The van der Waals surface area contributed by atoms with Gasteiger partial charge in [-0.25, -0.2) is 0 Å². The van der Waals surface area contributed by atoms with Crippen LogP contribution in [0.3, 0.4) is 0 Å². The lowest BCUT2D eigenvalue weighted by Gasteiger charge is -2.17. The van der Waals surface area contributed by atoms with E-state index in [2.05, 4.69) is 31.1 Å². The zero-order valence-corrected chi connectivity index (χ0v) is 16.4. The molecule has 2 unspecified atom stereocenters. The molecule has 1 fully saturated rings. The van der Waals surface area contributed by atoms with E-state index in [-0.39, 0.29) is 20.0 Å². The SMILES string of the molecule is C.C=CNC.CC.CC.CC(C)CC(O)CC1CCCN1.O=CO. The van der Waals surface area contributed by atoms with Gasteiger partial charge in [-0.2, -0.15) is 0 Å². The maximum Gasteiger partial charge on any atom is 0.290 e. The number of hydrogen-bond acceptors (Lipinski definition) is 4. The van der Waals surface area contributed by atoms with Gasteiger partial charge in [0.1, 0.15) is 0 Å². The molecule has 5 nitrogen and oxygen atoms in total. The second kappa shape index (κ2) is 33.5. The van der Waals surface area contributed by atoms with E-state index in [4.69, 9.17) is 9.90 Å². The summed E-state index contributed by atoms with van der Waals surface area (Å²) < 4.78 is 0. The van der Waals surface area contributed by atoms with E-state index in [9.17, 15) is 5.11 Å². The molecule has 0 amide bonds. The summed E-state index contributed by atoms with van der Waals surface area (Å²) in [4.78, 5) is 8.36. The molecule has 0 aromatic heterocycles. The largest absolute Gasteiger partial charge is 0.483 e. The standard InChI is InChI=1S/C10H21NO.C3H7N.2C2H6.CH2O2.CH4/c1-8(2)6-10(12)7-9-4-3-5-11-9;1-3-4-2;2*1-2;2-1-3;/h8-12H,3-7H2,1-2H3;3-4H,1H2,2H3;2*1-2H3;1H,(H,2,3);1H4. The van der Waals surface area contributed by atoms with Crippen LogP contribution in [0.1, 0.15) is 74.7 Å². The zero-order valence-electron chi connectivity index (χ0n) is 16.4. The van der Waals surface area contributed by atoms with Crippen LogP contribution >= 0.6 is 0 Å². The maximum atomic E-state index is 9.64. The minimum atomic E-state index is -0.250. The molecule has 5 heteroatoms. The Morgan fingerprint density at radius 1 is 1.29 bits per heavy atom. The molecule has 1 rings (SSSR count). The number of hydrogen-bond donors (Lipinski definition) is 4. The van der Waals surface area contributed by atoms with Gasteiger partial charge in [0.25, 0.3) is 6.47 Å². The molecule has 1 saturated heterocycles. The van der Waals surface area contributed by atoms with Crippen LogP contribution in [0.4, 0.5) is 0 Å². The van der Waals surface area contributed by atoms with Crippen molar-refractivity contribution in [2.24, 2.45) is 5.92 Å². The summed E-state index contributed by atoms with van der Waals surface area (Å²) in [6, 6.07) is 0.582. The normalized spacial score (nSPS) is 15.1. The van der Waals surface area contributed by atoms with Crippen molar-refractivity contribution in [2.45, 2.75) is 86.8 Å². The molecule has 0 saturated carbocycles. The fourth-order valence-corrected chi connectivity index (χ4v) is 1.93. The van der Waals surface area contributed by atoms with Crippen LogP contribution in [0.15, 0.2) is 12.8 Å². The first kappa shape index (κ1) is 34.3. The summed E-state index contributed by atoms with van der Waals surface area (Å²) in [5, 5.41) is 22.6. The second-order valence-electron chi connectivity index (χ2n) is 4.91. The maximum absolute atomic E-state index is 9.64. The average molecular weight is 351 g/mol. The van der Waals surface area contributed by atoms with Gasteiger partial charge in [-0.1, -0.05) is 55.5 Å². The molecule has 2 atom stereocenters. The van der Waals surface area contributed by atoms with Gasteiger partial charge in [0, 0.05) is 13.1 Å². The van der Waals surface area contributed by atoms with Gasteiger partial charge < -0.3 is 20.8 Å². The van der Waals surface area contributed by atoms with Crippen molar-refractivity contribution in [3.8, 4) is 0 Å². The van der Waals surface area contributed by atoms with Crippen molar-refractivity contribution in [1.82, 2.24) is 10.6 Å². The molecule has 1 aliphatic heterocycles. The highest BCUT2D eigenvalue weighted by Gasteiger charge is 2.18. The van der Waals surface area contributed by atoms with Crippen LogP contribution < -0.4 is 10.6 Å². The Bertz CT molecular complexity index is 207. The Balaban J connectivity index is -0.0000000846. The molecule has 0 aliphatic carbocycles. The third-order valence-electron chi connectivity index (χ3n) is 2.67. The first-order chi connectivity index (χ1) is 11.0. The summed E-state index contributed by atoms with van der Waals surface area (Å²) in [5.41, 5.74) is 0. The quantitative estimate of drug-likeness (QED) is 0.557. The average Bonchev–Trinajstić information content (AvgIpc) is 3.04. The van der Waals surface area contributed by atoms with Crippen molar-refractivity contribution in [2.75, 3.05) is 13.6 Å². The lowest BCUT2D eigenvalue weighted by molar-refractivity contribution is -0.122. The highest BCUT2D eigenvalue weighted by molar-refractivity contribution is 5.32. The van der Waals surface area contributed by atoms with Crippen LogP contribution in [0.2, 0.25) is 0 Å². The molecular formula is C19H46N2O3. The lowest BCUT2D eigenvalue weighted by Crippen LogP contribution is -2.27. The van der Waals surface area contributed by atoms with Gasteiger partial charge in [-0.05, 0) is 44.3 Å². The number of nitrogens with one attached hydrogen (secondary N) is 2. The van der Waals surface area contributed by atoms with Gasteiger partial charge in [-0.3, -0.25) is 4.79 Å². The van der Waals surface area contributed by atoms with E-state index < -0.39 is 0 Å². The molecule has 0 spiro atoms. The number of carboxylic acid groups (broad SMARTS) is 1. The molecule has 24 heavy (non-hydrogen) atoms. The van der Waals surface area contributed by atoms with Crippen molar-refractivity contribution >= 4 is 6.47 Å². The predicted molar refractivity (Wildman–Crippen MR) is 108 cm³/mol. The summed E-state index contributed by atoms with van der Waals surface area (Å²) >= 11 is 0. The van der Waals surface area contributed by atoms with Crippen molar-refractivity contribution in [3.63, 3.8) is 0 Å². The Kier molecular flexibility index (Phi) is 47.9. The summed E-state index contributed by atoms with van der Waals surface area (Å²) in [5.74, 6) is 0.612. The van der Waals surface area contributed by atoms with Crippen LogP contribution in [-0.4, -0.2) is 42.4 Å². The van der Waals surface area contributed by atoms with E-state index >= 15 is 0 Å². The monoisotopic (exact) mass is 350 g/mol. The summed E-state index contributed by atoms with van der Waals surface area (Å²) in [7, 11) is 1.81.